The molecule has 4 saturated carbocycles. The summed E-state index contributed by atoms with van der Waals surface area (Å²) in [4.78, 5) is 50.0. The molecule has 0 aromatic heterocycles. The van der Waals surface area contributed by atoms with Crippen LogP contribution in [0.25, 0.3) is 0 Å². The molecule has 4 rings (SSSR count). The average Bonchev–Trinajstić information content (AvgIpc) is 2.66. The van der Waals surface area contributed by atoms with E-state index in [2.05, 4.69) is 0 Å². The minimum atomic E-state index is -1.35. The minimum Gasteiger partial charge on any atom is -0.468 e. The Hall–Kier alpha value is -1.72. The zero-order valence-electron chi connectivity index (χ0n) is 12.1. The highest BCUT2D eigenvalue weighted by atomic mass is 16.5. The topological polar surface area (TPSA) is 86.7 Å². The van der Waals surface area contributed by atoms with Crippen molar-refractivity contribution in [1.82, 2.24) is 0 Å². The Balaban J connectivity index is 2.18. The predicted octanol–water partition coefficient (Wildman–Crippen LogP) is 0.667. The summed E-state index contributed by atoms with van der Waals surface area (Å²) in [7, 11) is 2.47. The lowest BCUT2D eigenvalue weighted by molar-refractivity contribution is -0.182. The number of hydrogen-bond acceptors (Lipinski definition) is 6. The number of carbonyl (C=O) groups excluding carboxylic acids is 4. The van der Waals surface area contributed by atoms with Crippen molar-refractivity contribution in [2.75, 3.05) is 14.2 Å². The van der Waals surface area contributed by atoms with Gasteiger partial charge in [0.1, 0.15) is 10.8 Å². The van der Waals surface area contributed by atoms with E-state index in [1.807, 2.05) is 0 Å². The van der Waals surface area contributed by atoms with E-state index < -0.39 is 34.6 Å². The highest BCUT2D eigenvalue weighted by molar-refractivity contribution is 6.14. The van der Waals surface area contributed by atoms with Crippen LogP contribution >= 0.6 is 0 Å². The molecule has 0 heterocycles. The van der Waals surface area contributed by atoms with Crippen molar-refractivity contribution in [1.29, 1.82) is 0 Å². The molecule has 6 nitrogen and oxygen atoms in total. The maximum atomic E-state index is 12.7. The molecule has 4 fully saturated rings. The Morgan fingerprint density at radius 2 is 1.29 bits per heavy atom. The first-order valence-corrected chi connectivity index (χ1v) is 7.17. The van der Waals surface area contributed by atoms with Crippen molar-refractivity contribution in [3.05, 3.63) is 0 Å². The monoisotopic (exact) mass is 294 g/mol. The summed E-state index contributed by atoms with van der Waals surface area (Å²) in [6, 6.07) is 0. The number of methoxy groups -OCH3 is 2. The SMILES string of the molecule is COC(=O)[C@]12C[C@@H]3CC[C@H](C[C@](C(=O)OC)(C1)C3=O)C2=O. The van der Waals surface area contributed by atoms with Gasteiger partial charge in [-0.15, -0.1) is 0 Å². The number of hydrogen-bond donors (Lipinski definition) is 0. The van der Waals surface area contributed by atoms with Crippen molar-refractivity contribution < 1.29 is 28.7 Å². The van der Waals surface area contributed by atoms with Gasteiger partial charge in [-0.3, -0.25) is 19.2 Å². The fourth-order valence-corrected chi connectivity index (χ4v) is 4.61. The maximum Gasteiger partial charge on any atom is 0.319 e. The molecule has 0 aromatic rings. The van der Waals surface area contributed by atoms with Crippen LogP contribution in [0.15, 0.2) is 0 Å². The maximum absolute atomic E-state index is 12.7. The van der Waals surface area contributed by atoms with Crippen molar-refractivity contribution in [3.63, 3.8) is 0 Å². The second-order valence-electron chi connectivity index (χ2n) is 6.43. The third kappa shape index (κ3) is 1.59. The van der Waals surface area contributed by atoms with Crippen LogP contribution in [-0.2, 0) is 28.7 Å². The van der Waals surface area contributed by atoms with Crippen molar-refractivity contribution in [2.45, 2.75) is 32.1 Å². The van der Waals surface area contributed by atoms with Gasteiger partial charge in [0.05, 0.1) is 14.2 Å². The van der Waals surface area contributed by atoms with Gasteiger partial charge >= 0.3 is 11.9 Å². The highest BCUT2D eigenvalue weighted by Crippen LogP contribution is 2.60. The molecule has 0 aliphatic heterocycles. The Labute approximate surface area is 122 Å². The van der Waals surface area contributed by atoms with E-state index >= 15 is 0 Å². The Bertz CT molecular complexity index is 504. The molecule has 4 bridgehead atoms. The van der Waals surface area contributed by atoms with Crippen LogP contribution in [0.4, 0.5) is 0 Å². The van der Waals surface area contributed by atoms with Gasteiger partial charge in [0.15, 0.2) is 11.6 Å². The number of carbonyl (C=O) groups is 4. The summed E-state index contributed by atoms with van der Waals surface area (Å²) in [5.74, 6) is -2.44. The summed E-state index contributed by atoms with van der Waals surface area (Å²) in [6.45, 7) is 0. The van der Waals surface area contributed by atoms with Crippen LogP contribution in [0, 0.1) is 22.7 Å². The summed E-state index contributed by atoms with van der Waals surface area (Å²) in [5.41, 5.74) is -2.69. The fraction of sp³-hybridized carbons (Fsp3) is 0.733. The molecule has 0 spiro atoms. The number of esters is 2. The first-order chi connectivity index (χ1) is 9.91. The standard InChI is InChI=1S/C15H18O6/c1-20-12(18)14-5-8-3-4-9(10(14)16)6-15(7-14,11(8)17)13(19)21-2/h8-9H,3-7H2,1-2H3/t8-,9+,14+,15-. The van der Waals surface area contributed by atoms with Gasteiger partial charge in [0, 0.05) is 11.8 Å². The van der Waals surface area contributed by atoms with E-state index in [0.717, 1.165) is 0 Å². The number of rotatable bonds is 2. The largest absolute Gasteiger partial charge is 0.468 e. The van der Waals surface area contributed by atoms with E-state index in [4.69, 9.17) is 9.47 Å². The smallest absolute Gasteiger partial charge is 0.319 e. The molecule has 0 radical (unpaired) electrons. The third-order valence-corrected chi connectivity index (χ3v) is 5.49. The van der Waals surface area contributed by atoms with Crippen LogP contribution < -0.4 is 0 Å². The van der Waals surface area contributed by atoms with E-state index in [0.29, 0.717) is 12.8 Å². The number of ether oxygens (including phenoxy) is 2. The van der Waals surface area contributed by atoms with Crippen molar-refractivity contribution in [3.8, 4) is 0 Å². The lowest BCUT2D eigenvalue weighted by Gasteiger charge is -2.49. The molecule has 0 saturated heterocycles. The molecule has 21 heavy (non-hydrogen) atoms. The molecule has 114 valence electrons. The summed E-state index contributed by atoms with van der Waals surface area (Å²) < 4.78 is 9.66. The van der Waals surface area contributed by atoms with E-state index in [1.54, 1.807) is 0 Å². The zero-order valence-corrected chi connectivity index (χ0v) is 12.1. The van der Waals surface area contributed by atoms with E-state index in [-0.39, 0.29) is 30.8 Å². The van der Waals surface area contributed by atoms with Gasteiger partial charge in [-0.05, 0) is 32.1 Å². The lowest BCUT2D eigenvalue weighted by atomic mass is 9.50. The zero-order chi connectivity index (χ0) is 15.4. The molecule has 4 aliphatic carbocycles. The number of ketones is 2. The second kappa shape index (κ2) is 4.39. The molecule has 4 aliphatic rings. The second-order valence-corrected chi connectivity index (χ2v) is 6.43. The van der Waals surface area contributed by atoms with Crippen LogP contribution in [-0.4, -0.2) is 37.7 Å². The minimum absolute atomic E-state index is 0.0932. The summed E-state index contributed by atoms with van der Waals surface area (Å²) in [6.07, 6.45) is 1.35. The van der Waals surface area contributed by atoms with Crippen LogP contribution in [0.2, 0.25) is 0 Å². The van der Waals surface area contributed by atoms with E-state index in [9.17, 15) is 19.2 Å². The fourth-order valence-electron chi connectivity index (χ4n) is 4.61. The number of fused-ring (bicyclic) bond motifs is 1. The van der Waals surface area contributed by atoms with E-state index in [1.165, 1.54) is 14.2 Å². The predicted molar refractivity (Wildman–Crippen MR) is 69.0 cm³/mol. The van der Waals surface area contributed by atoms with Gasteiger partial charge in [-0.2, -0.15) is 0 Å². The van der Waals surface area contributed by atoms with Gasteiger partial charge in [-0.25, -0.2) is 0 Å². The molecule has 6 heteroatoms. The van der Waals surface area contributed by atoms with Crippen LogP contribution in [0.1, 0.15) is 32.1 Å². The Morgan fingerprint density at radius 3 is 1.62 bits per heavy atom. The van der Waals surface area contributed by atoms with Crippen LogP contribution in [0.5, 0.6) is 0 Å². The average molecular weight is 294 g/mol. The first-order valence-electron chi connectivity index (χ1n) is 7.17. The Kier molecular flexibility index (Phi) is 2.97. The summed E-state index contributed by atoms with van der Waals surface area (Å²) in [5, 5.41) is 0. The molecule has 0 aromatic carbocycles. The van der Waals surface area contributed by atoms with Gasteiger partial charge in [0.25, 0.3) is 0 Å². The molecular formula is C15H18O6. The van der Waals surface area contributed by atoms with Gasteiger partial charge in [-0.1, -0.05) is 0 Å². The first kappa shape index (κ1) is 14.2. The van der Waals surface area contributed by atoms with Gasteiger partial charge in [0.2, 0.25) is 0 Å². The summed E-state index contributed by atoms with van der Waals surface area (Å²) >= 11 is 0. The molecule has 0 unspecified atom stereocenters. The molecule has 4 atom stereocenters. The van der Waals surface area contributed by atoms with Crippen LogP contribution in [0.3, 0.4) is 0 Å². The quantitative estimate of drug-likeness (QED) is 0.549. The molecule has 0 amide bonds. The molecule has 0 N–H and O–H groups in total. The number of Topliss-reactive ketones (excluding diaryl/α,β-unsaturated/α-hetero) is 2. The van der Waals surface area contributed by atoms with Crippen molar-refractivity contribution >= 4 is 23.5 Å². The van der Waals surface area contributed by atoms with Gasteiger partial charge < -0.3 is 9.47 Å². The lowest BCUT2D eigenvalue weighted by Crippen LogP contribution is -2.61. The third-order valence-electron chi connectivity index (χ3n) is 5.49. The normalized spacial score (nSPS) is 40.9. The Morgan fingerprint density at radius 1 is 0.905 bits per heavy atom. The van der Waals surface area contributed by atoms with Crippen molar-refractivity contribution in [2.24, 2.45) is 22.7 Å². The molecular weight excluding hydrogens is 276 g/mol. The highest BCUT2D eigenvalue weighted by Gasteiger charge is 2.70.